The fraction of sp³-hybridized carbons (Fsp3) is 1.00. The van der Waals surface area contributed by atoms with Crippen molar-refractivity contribution in [2.75, 3.05) is 33.4 Å². The number of rotatable bonds is 9. The minimum Gasteiger partial charge on any atom is -0.383 e. The molecule has 0 radical (unpaired) electrons. The second-order valence-electron chi connectivity index (χ2n) is 5.48. The molecule has 16 heavy (non-hydrogen) atoms. The maximum Gasteiger partial charge on any atom is 0.0613 e. The molecule has 0 aromatic rings. The molecule has 2 aliphatic carbocycles. The van der Waals surface area contributed by atoms with Gasteiger partial charge in [0.2, 0.25) is 0 Å². The SMILES string of the molecule is COCC(C)NCCN(CC1CC1)C1CC1. The highest BCUT2D eigenvalue weighted by Gasteiger charge is 2.33. The van der Waals surface area contributed by atoms with Gasteiger partial charge in [0.1, 0.15) is 0 Å². The lowest BCUT2D eigenvalue weighted by atomic mass is 10.3. The van der Waals surface area contributed by atoms with Crippen LogP contribution in [-0.4, -0.2) is 50.3 Å². The summed E-state index contributed by atoms with van der Waals surface area (Å²) in [4.78, 5) is 2.70. The Morgan fingerprint density at radius 3 is 2.62 bits per heavy atom. The molecule has 3 heteroatoms. The van der Waals surface area contributed by atoms with E-state index in [-0.39, 0.29) is 0 Å². The van der Waals surface area contributed by atoms with E-state index in [1.165, 1.54) is 38.8 Å². The van der Waals surface area contributed by atoms with Crippen LogP contribution in [0.2, 0.25) is 0 Å². The number of ether oxygens (including phenoxy) is 1. The van der Waals surface area contributed by atoms with E-state index in [0.29, 0.717) is 6.04 Å². The average Bonchev–Trinajstić information content (AvgIpc) is 3.11. The van der Waals surface area contributed by atoms with Crippen molar-refractivity contribution in [1.82, 2.24) is 10.2 Å². The Kier molecular flexibility index (Phi) is 4.62. The summed E-state index contributed by atoms with van der Waals surface area (Å²) in [6, 6.07) is 1.40. The second-order valence-corrected chi connectivity index (χ2v) is 5.48. The highest BCUT2D eigenvalue weighted by Crippen LogP contribution is 2.34. The minimum absolute atomic E-state index is 0.479. The van der Waals surface area contributed by atoms with Crippen molar-refractivity contribution in [1.29, 1.82) is 0 Å². The average molecular weight is 226 g/mol. The van der Waals surface area contributed by atoms with E-state index >= 15 is 0 Å². The van der Waals surface area contributed by atoms with Crippen LogP contribution in [0.25, 0.3) is 0 Å². The highest BCUT2D eigenvalue weighted by molar-refractivity contribution is 4.88. The highest BCUT2D eigenvalue weighted by atomic mass is 16.5. The molecule has 1 N–H and O–H groups in total. The number of hydrogen-bond donors (Lipinski definition) is 1. The zero-order valence-electron chi connectivity index (χ0n) is 10.7. The first kappa shape index (κ1) is 12.3. The zero-order chi connectivity index (χ0) is 11.4. The Labute approximate surface area is 99.5 Å². The van der Waals surface area contributed by atoms with Gasteiger partial charge in [0, 0.05) is 38.8 Å². The van der Waals surface area contributed by atoms with Crippen LogP contribution in [0.15, 0.2) is 0 Å². The molecule has 1 atom stereocenters. The lowest BCUT2D eigenvalue weighted by molar-refractivity contribution is 0.168. The van der Waals surface area contributed by atoms with Crippen molar-refractivity contribution in [3.8, 4) is 0 Å². The molecule has 0 aliphatic heterocycles. The Morgan fingerprint density at radius 2 is 2.06 bits per heavy atom. The summed E-state index contributed by atoms with van der Waals surface area (Å²) in [6.07, 6.45) is 5.80. The number of nitrogens with zero attached hydrogens (tertiary/aromatic N) is 1. The van der Waals surface area contributed by atoms with E-state index in [4.69, 9.17) is 4.74 Å². The summed E-state index contributed by atoms with van der Waals surface area (Å²) in [6.45, 7) is 6.67. The lowest BCUT2D eigenvalue weighted by Gasteiger charge is -2.23. The van der Waals surface area contributed by atoms with Crippen LogP contribution in [0.1, 0.15) is 32.6 Å². The first-order valence-corrected chi connectivity index (χ1v) is 6.76. The molecule has 0 bridgehead atoms. The summed E-state index contributed by atoms with van der Waals surface area (Å²) < 4.78 is 5.12. The van der Waals surface area contributed by atoms with Gasteiger partial charge in [-0.25, -0.2) is 0 Å². The van der Waals surface area contributed by atoms with Gasteiger partial charge in [0.05, 0.1) is 6.61 Å². The van der Waals surface area contributed by atoms with Gasteiger partial charge in [-0.1, -0.05) is 0 Å². The van der Waals surface area contributed by atoms with Crippen molar-refractivity contribution in [2.45, 2.75) is 44.7 Å². The molecule has 0 spiro atoms. The summed E-state index contributed by atoms with van der Waals surface area (Å²) in [5.41, 5.74) is 0. The molecule has 0 saturated heterocycles. The van der Waals surface area contributed by atoms with E-state index in [9.17, 15) is 0 Å². The van der Waals surface area contributed by atoms with Gasteiger partial charge in [-0.05, 0) is 38.5 Å². The van der Waals surface area contributed by atoms with Crippen molar-refractivity contribution >= 4 is 0 Å². The molecule has 0 amide bonds. The van der Waals surface area contributed by atoms with E-state index in [1.807, 2.05) is 0 Å². The predicted molar refractivity (Wildman–Crippen MR) is 66.7 cm³/mol. The van der Waals surface area contributed by atoms with E-state index in [1.54, 1.807) is 7.11 Å². The van der Waals surface area contributed by atoms with E-state index in [2.05, 4.69) is 17.1 Å². The lowest BCUT2D eigenvalue weighted by Crippen LogP contribution is -2.39. The normalized spacial score (nSPS) is 22.7. The molecule has 2 fully saturated rings. The quantitative estimate of drug-likeness (QED) is 0.644. The van der Waals surface area contributed by atoms with Crippen LogP contribution in [0.5, 0.6) is 0 Å². The predicted octanol–water partition coefficient (Wildman–Crippen LogP) is 1.49. The molecular formula is C13H26N2O. The first-order chi connectivity index (χ1) is 7.79. The van der Waals surface area contributed by atoms with Gasteiger partial charge in [-0.15, -0.1) is 0 Å². The van der Waals surface area contributed by atoms with Gasteiger partial charge in [-0.2, -0.15) is 0 Å². The van der Waals surface area contributed by atoms with Crippen LogP contribution in [0, 0.1) is 5.92 Å². The Bertz CT molecular complexity index is 202. The van der Waals surface area contributed by atoms with Crippen LogP contribution in [0.4, 0.5) is 0 Å². The first-order valence-electron chi connectivity index (χ1n) is 6.76. The second kappa shape index (κ2) is 5.99. The Hall–Kier alpha value is -0.120. The van der Waals surface area contributed by atoms with Crippen molar-refractivity contribution in [3.05, 3.63) is 0 Å². The van der Waals surface area contributed by atoms with Gasteiger partial charge in [0.25, 0.3) is 0 Å². The van der Waals surface area contributed by atoms with E-state index in [0.717, 1.165) is 25.1 Å². The third-order valence-corrected chi connectivity index (χ3v) is 3.56. The largest absolute Gasteiger partial charge is 0.383 e. The van der Waals surface area contributed by atoms with Crippen LogP contribution in [-0.2, 0) is 4.74 Å². The van der Waals surface area contributed by atoms with Crippen molar-refractivity contribution < 1.29 is 4.74 Å². The third-order valence-electron chi connectivity index (χ3n) is 3.56. The molecule has 94 valence electrons. The molecule has 1 unspecified atom stereocenters. The fourth-order valence-corrected chi connectivity index (χ4v) is 2.26. The van der Waals surface area contributed by atoms with Crippen LogP contribution >= 0.6 is 0 Å². The van der Waals surface area contributed by atoms with Crippen molar-refractivity contribution in [2.24, 2.45) is 5.92 Å². The summed E-state index contributed by atoms with van der Waals surface area (Å²) in [5.74, 6) is 1.02. The number of hydrogen-bond acceptors (Lipinski definition) is 3. The van der Waals surface area contributed by atoms with Crippen molar-refractivity contribution in [3.63, 3.8) is 0 Å². The van der Waals surface area contributed by atoms with Gasteiger partial charge in [0.15, 0.2) is 0 Å². The van der Waals surface area contributed by atoms with Gasteiger partial charge in [-0.3, -0.25) is 4.90 Å². The van der Waals surface area contributed by atoms with E-state index < -0.39 is 0 Å². The zero-order valence-corrected chi connectivity index (χ0v) is 10.7. The fourth-order valence-electron chi connectivity index (χ4n) is 2.26. The minimum atomic E-state index is 0.479. The number of nitrogens with one attached hydrogen (secondary N) is 1. The molecule has 2 saturated carbocycles. The Morgan fingerprint density at radius 1 is 1.31 bits per heavy atom. The topological polar surface area (TPSA) is 24.5 Å². The van der Waals surface area contributed by atoms with Gasteiger partial charge >= 0.3 is 0 Å². The molecule has 2 aliphatic rings. The Balaban J connectivity index is 1.57. The van der Waals surface area contributed by atoms with Gasteiger partial charge < -0.3 is 10.1 Å². The monoisotopic (exact) mass is 226 g/mol. The smallest absolute Gasteiger partial charge is 0.0613 e. The molecule has 0 aromatic heterocycles. The molecular weight excluding hydrogens is 200 g/mol. The van der Waals surface area contributed by atoms with Crippen LogP contribution < -0.4 is 5.32 Å². The van der Waals surface area contributed by atoms with Crippen LogP contribution in [0.3, 0.4) is 0 Å². The molecule has 0 heterocycles. The summed E-state index contributed by atoms with van der Waals surface area (Å²) in [5, 5.41) is 3.52. The maximum atomic E-state index is 5.12. The third kappa shape index (κ3) is 4.40. The maximum absolute atomic E-state index is 5.12. The summed E-state index contributed by atoms with van der Waals surface area (Å²) >= 11 is 0. The molecule has 0 aromatic carbocycles. The number of methoxy groups -OCH3 is 1. The molecule has 3 nitrogen and oxygen atoms in total. The molecule has 2 rings (SSSR count). The summed E-state index contributed by atoms with van der Waals surface area (Å²) in [7, 11) is 1.77. The standard InChI is InChI=1S/C13H26N2O/c1-11(10-16-2)14-7-8-15(13-5-6-13)9-12-3-4-12/h11-14H,3-10H2,1-2H3.